The van der Waals surface area contributed by atoms with Crippen molar-refractivity contribution in [1.82, 2.24) is 10.0 Å². The Balaban J connectivity index is 0.000000487. The second kappa shape index (κ2) is 10.7. The van der Waals surface area contributed by atoms with Crippen LogP contribution in [0.2, 0.25) is 0 Å². The molecule has 1 aromatic carbocycles. The number of aliphatic carboxylic acids is 2. The van der Waals surface area contributed by atoms with Gasteiger partial charge >= 0.3 is 11.9 Å². The summed E-state index contributed by atoms with van der Waals surface area (Å²) >= 11 is 1.68. The Morgan fingerprint density at radius 3 is 2.15 bits per heavy atom. The molecule has 2 aromatic rings. The average molecular weight is 400 g/mol. The Morgan fingerprint density at radius 1 is 1.04 bits per heavy atom. The van der Waals surface area contributed by atoms with Gasteiger partial charge in [-0.2, -0.15) is 0 Å². The summed E-state index contributed by atoms with van der Waals surface area (Å²) < 4.78 is 26.6. The minimum Gasteiger partial charge on any atom is -0.473 e. The van der Waals surface area contributed by atoms with Crippen molar-refractivity contribution in [3.05, 3.63) is 52.2 Å². The van der Waals surface area contributed by atoms with Gasteiger partial charge in [0.2, 0.25) is 10.0 Å². The number of carbonyl (C=O) groups is 2. The summed E-state index contributed by atoms with van der Waals surface area (Å²) in [4.78, 5) is 19.7. The summed E-state index contributed by atoms with van der Waals surface area (Å²) in [6.07, 6.45) is 0. The smallest absolute Gasteiger partial charge is 0.414 e. The van der Waals surface area contributed by atoms with Gasteiger partial charge in [-0.05, 0) is 30.5 Å². The van der Waals surface area contributed by atoms with Crippen molar-refractivity contribution in [2.24, 2.45) is 0 Å². The first-order valence-corrected chi connectivity index (χ1v) is 9.84. The van der Waals surface area contributed by atoms with Crippen LogP contribution >= 0.6 is 11.3 Å². The highest BCUT2D eigenvalue weighted by Gasteiger charge is 2.12. The number of hydrogen-bond donors (Lipinski definition) is 4. The molecule has 142 valence electrons. The van der Waals surface area contributed by atoms with Crippen molar-refractivity contribution in [3.8, 4) is 0 Å². The number of nitrogens with one attached hydrogen (secondary N) is 2. The summed E-state index contributed by atoms with van der Waals surface area (Å²) in [6.45, 7) is 3.67. The van der Waals surface area contributed by atoms with Gasteiger partial charge in [-0.3, -0.25) is 0 Å². The van der Waals surface area contributed by atoms with Crippen LogP contribution in [0, 0.1) is 6.92 Å². The molecule has 0 amide bonds. The highest BCUT2D eigenvalue weighted by Crippen LogP contribution is 2.09. The molecule has 4 N–H and O–H groups in total. The summed E-state index contributed by atoms with van der Waals surface area (Å²) in [7, 11) is -3.40. The lowest BCUT2D eigenvalue weighted by atomic mass is 10.2. The van der Waals surface area contributed by atoms with Crippen LogP contribution in [-0.4, -0.2) is 43.7 Å². The van der Waals surface area contributed by atoms with E-state index in [1.165, 1.54) is 4.88 Å². The van der Waals surface area contributed by atoms with E-state index in [1.54, 1.807) is 35.6 Å². The maximum Gasteiger partial charge on any atom is 0.414 e. The van der Waals surface area contributed by atoms with Gasteiger partial charge < -0.3 is 15.5 Å². The molecule has 10 heteroatoms. The van der Waals surface area contributed by atoms with Gasteiger partial charge in [0.15, 0.2) is 0 Å². The largest absolute Gasteiger partial charge is 0.473 e. The van der Waals surface area contributed by atoms with Crippen LogP contribution in [-0.2, 0) is 26.2 Å². The topological polar surface area (TPSA) is 133 Å². The zero-order valence-corrected chi connectivity index (χ0v) is 15.6. The molecule has 1 aromatic heterocycles. The number of carboxylic acid groups (broad SMARTS) is 2. The molecule has 0 saturated heterocycles. The maximum absolute atomic E-state index is 12.0. The fraction of sp³-hybridized carbons (Fsp3) is 0.250. The molecule has 26 heavy (non-hydrogen) atoms. The summed E-state index contributed by atoms with van der Waals surface area (Å²) in [5, 5.41) is 20.0. The van der Waals surface area contributed by atoms with Gasteiger partial charge in [0, 0.05) is 24.5 Å². The zero-order valence-electron chi connectivity index (χ0n) is 14.0. The van der Waals surface area contributed by atoms with E-state index < -0.39 is 22.0 Å². The first kappa shape index (κ1) is 21.8. The van der Waals surface area contributed by atoms with Crippen molar-refractivity contribution >= 4 is 33.3 Å². The number of hydrogen-bond acceptors (Lipinski definition) is 6. The minimum absolute atomic E-state index is 0.307. The third-order valence-electron chi connectivity index (χ3n) is 2.99. The molecule has 8 nitrogen and oxygen atoms in total. The Hall–Kier alpha value is -2.27. The Kier molecular flexibility index (Phi) is 8.93. The van der Waals surface area contributed by atoms with E-state index in [1.807, 2.05) is 24.4 Å². The summed E-state index contributed by atoms with van der Waals surface area (Å²) in [6, 6.07) is 10.9. The summed E-state index contributed by atoms with van der Waals surface area (Å²) in [5.41, 5.74) is 1.04. The van der Waals surface area contributed by atoms with Crippen LogP contribution in [0.3, 0.4) is 0 Å². The van der Waals surface area contributed by atoms with Gasteiger partial charge in [0.25, 0.3) is 0 Å². The molecule has 0 radical (unpaired) electrons. The number of sulfonamides is 1. The lowest BCUT2D eigenvalue weighted by Gasteiger charge is -2.07. The highest BCUT2D eigenvalue weighted by atomic mass is 32.2. The average Bonchev–Trinajstić information content (AvgIpc) is 3.08. The molecule has 0 aliphatic rings. The molecule has 1 heterocycles. The monoisotopic (exact) mass is 400 g/mol. The number of thiophene rings is 1. The standard InChI is InChI=1S/C14H18N2O2S2.C2H2O4/c1-12-4-6-14(7-5-12)20(17,18)16-9-8-15-11-13-3-2-10-19-13;3-1(4)2(5)6/h2-7,10,15-16H,8-9,11H2,1H3;(H,3,4)(H,5,6). The SMILES string of the molecule is Cc1ccc(S(=O)(=O)NCCNCc2cccs2)cc1.O=C(O)C(=O)O. The molecule has 0 unspecified atom stereocenters. The normalized spacial score (nSPS) is 10.7. The third kappa shape index (κ3) is 8.21. The van der Waals surface area contributed by atoms with E-state index >= 15 is 0 Å². The third-order valence-corrected chi connectivity index (χ3v) is 5.34. The van der Waals surface area contributed by atoms with Crippen molar-refractivity contribution in [3.63, 3.8) is 0 Å². The predicted molar refractivity (Wildman–Crippen MR) is 97.7 cm³/mol. The quantitative estimate of drug-likeness (QED) is 0.406. The highest BCUT2D eigenvalue weighted by molar-refractivity contribution is 7.89. The molecule has 0 spiro atoms. The molecular weight excluding hydrogens is 380 g/mol. The zero-order chi connectivity index (χ0) is 19.6. The van der Waals surface area contributed by atoms with E-state index in [0.717, 1.165) is 12.1 Å². The van der Waals surface area contributed by atoms with Crippen molar-refractivity contribution in [2.75, 3.05) is 13.1 Å². The van der Waals surface area contributed by atoms with E-state index in [0.29, 0.717) is 18.0 Å². The molecule has 0 saturated carbocycles. The van der Waals surface area contributed by atoms with Crippen molar-refractivity contribution < 1.29 is 28.2 Å². The molecule has 0 atom stereocenters. The predicted octanol–water partition coefficient (Wildman–Crippen LogP) is 1.28. The van der Waals surface area contributed by atoms with Crippen molar-refractivity contribution in [2.45, 2.75) is 18.4 Å². The maximum atomic E-state index is 12.0. The molecule has 0 bridgehead atoms. The van der Waals surface area contributed by atoms with Gasteiger partial charge in [0.1, 0.15) is 0 Å². The number of rotatable bonds is 7. The molecule has 2 rings (SSSR count). The Morgan fingerprint density at radius 2 is 1.65 bits per heavy atom. The summed E-state index contributed by atoms with van der Waals surface area (Å²) in [5.74, 6) is -3.65. The Labute approximate surface area is 155 Å². The lowest BCUT2D eigenvalue weighted by molar-refractivity contribution is -0.159. The van der Waals surface area contributed by atoms with Crippen molar-refractivity contribution in [1.29, 1.82) is 0 Å². The van der Waals surface area contributed by atoms with Gasteiger partial charge in [-0.1, -0.05) is 23.8 Å². The number of carboxylic acids is 2. The van der Waals surface area contributed by atoms with E-state index in [4.69, 9.17) is 19.8 Å². The molecular formula is C16H20N2O6S2. The van der Waals surface area contributed by atoms with E-state index in [2.05, 4.69) is 10.0 Å². The lowest BCUT2D eigenvalue weighted by Crippen LogP contribution is -2.31. The fourth-order valence-electron chi connectivity index (χ4n) is 1.70. The number of benzene rings is 1. The van der Waals surface area contributed by atoms with Crippen LogP contribution in [0.5, 0.6) is 0 Å². The molecule has 0 aliphatic carbocycles. The van der Waals surface area contributed by atoms with Gasteiger partial charge in [-0.15, -0.1) is 11.3 Å². The van der Waals surface area contributed by atoms with Crippen LogP contribution < -0.4 is 10.0 Å². The van der Waals surface area contributed by atoms with Gasteiger partial charge in [-0.25, -0.2) is 22.7 Å². The number of aryl methyl sites for hydroxylation is 1. The fourth-order valence-corrected chi connectivity index (χ4v) is 3.41. The second-order valence-corrected chi connectivity index (χ2v) is 7.88. The van der Waals surface area contributed by atoms with E-state index in [9.17, 15) is 8.42 Å². The molecule has 0 aliphatic heterocycles. The minimum atomic E-state index is -3.40. The first-order chi connectivity index (χ1) is 12.2. The second-order valence-electron chi connectivity index (χ2n) is 5.08. The molecule has 0 fully saturated rings. The van der Waals surface area contributed by atoms with Crippen LogP contribution in [0.15, 0.2) is 46.7 Å². The van der Waals surface area contributed by atoms with Crippen LogP contribution in [0.4, 0.5) is 0 Å². The van der Waals surface area contributed by atoms with E-state index in [-0.39, 0.29) is 0 Å². The van der Waals surface area contributed by atoms with Crippen LogP contribution in [0.25, 0.3) is 0 Å². The van der Waals surface area contributed by atoms with Gasteiger partial charge in [0.05, 0.1) is 4.90 Å². The first-order valence-electron chi connectivity index (χ1n) is 7.48. The Bertz CT molecular complexity index is 790. The van der Waals surface area contributed by atoms with Crippen LogP contribution in [0.1, 0.15) is 10.4 Å².